The fourth-order valence-electron chi connectivity index (χ4n) is 3.17. The van der Waals surface area contributed by atoms with E-state index in [1.54, 1.807) is 6.07 Å². The second-order valence-electron chi connectivity index (χ2n) is 5.14. The van der Waals surface area contributed by atoms with Gasteiger partial charge in [0.1, 0.15) is 5.82 Å². The van der Waals surface area contributed by atoms with Crippen LogP contribution in [-0.4, -0.2) is 18.6 Å². The summed E-state index contributed by atoms with van der Waals surface area (Å²) in [4.78, 5) is 2.14. The highest BCUT2D eigenvalue weighted by Crippen LogP contribution is 2.43. The van der Waals surface area contributed by atoms with Crippen LogP contribution in [0, 0.1) is 11.7 Å². The molecule has 0 heterocycles. The quantitative estimate of drug-likeness (QED) is 0.871. The van der Waals surface area contributed by atoms with Gasteiger partial charge >= 0.3 is 0 Å². The third-order valence-electron chi connectivity index (χ3n) is 3.87. The molecule has 1 aliphatic carbocycles. The number of nitrogens with zero attached hydrogens (tertiary/aromatic N) is 1. The van der Waals surface area contributed by atoms with Crippen LogP contribution in [0.15, 0.2) is 24.3 Å². The van der Waals surface area contributed by atoms with Crippen molar-refractivity contribution in [3.05, 3.63) is 30.1 Å². The number of hydrogen-bond donors (Lipinski definition) is 1. The lowest BCUT2D eigenvalue weighted by molar-refractivity contribution is 0.157. The SMILES string of the molecule is CCN(c1ccccc1F)C1(CN)CC(C)C1. The van der Waals surface area contributed by atoms with E-state index in [9.17, 15) is 4.39 Å². The number of rotatable bonds is 4. The predicted octanol–water partition coefficient (Wildman–Crippen LogP) is 2.78. The lowest BCUT2D eigenvalue weighted by atomic mass is 9.68. The van der Waals surface area contributed by atoms with Gasteiger partial charge in [-0.05, 0) is 37.8 Å². The lowest BCUT2D eigenvalue weighted by Gasteiger charge is -2.54. The number of para-hydroxylation sites is 1. The van der Waals surface area contributed by atoms with Crippen LogP contribution in [0.3, 0.4) is 0 Å². The zero-order valence-corrected chi connectivity index (χ0v) is 10.6. The Balaban J connectivity index is 2.31. The Morgan fingerprint density at radius 1 is 1.41 bits per heavy atom. The standard InChI is InChI=1S/C14H21FN2/c1-3-17(13-7-5-4-6-12(13)15)14(10-16)8-11(2)9-14/h4-7,11H,3,8-10,16H2,1-2H3. The number of benzene rings is 1. The Labute approximate surface area is 103 Å². The number of anilines is 1. The maximum atomic E-state index is 13.9. The molecule has 0 radical (unpaired) electrons. The van der Waals surface area contributed by atoms with Crippen molar-refractivity contribution in [1.29, 1.82) is 0 Å². The van der Waals surface area contributed by atoms with Gasteiger partial charge in [-0.2, -0.15) is 0 Å². The van der Waals surface area contributed by atoms with Crippen molar-refractivity contribution in [3.8, 4) is 0 Å². The number of likely N-dealkylation sites (N-methyl/N-ethyl adjacent to an activating group) is 1. The van der Waals surface area contributed by atoms with Gasteiger partial charge in [0.05, 0.1) is 11.2 Å². The van der Waals surface area contributed by atoms with Gasteiger partial charge in [-0.3, -0.25) is 0 Å². The summed E-state index contributed by atoms with van der Waals surface area (Å²) in [5.74, 6) is 0.543. The summed E-state index contributed by atoms with van der Waals surface area (Å²) in [6, 6.07) is 6.97. The van der Waals surface area contributed by atoms with Gasteiger partial charge in [0.2, 0.25) is 0 Å². The Morgan fingerprint density at radius 2 is 2.06 bits per heavy atom. The first kappa shape index (κ1) is 12.4. The third kappa shape index (κ3) is 2.04. The highest BCUT2D eigenvalue weighted by Gasteiger charge is 2.45. The molecule has 0 saturated heterocycles. The molecular formula is C14H21FN2. The minimum atomic E-state index is -0.151. The molecule has 1 fully saturated rings. The minimum Gasteiger partial charge on any atom is -0.362 e. The predicted molar refractivity (Wildman–Crippen MR) is 69.6 cm³/mol. The maximum absolute atomic E-state index is 13.9. The van der Waals surface area contributed by atoms with Crippen molar-refractivity contribution >= 4 is 5.69 Å². The van der Waals surface area contributed by atoms with Gasteiger partial charge < -0.3 is 10.6 Å². The molecule has 0 amide bonds. The molecule has 1 aliphatic rings. The summed E-state index contributed by atoms with van der Waals surface area (Å²) in [6.45, 7) is 5.68. The van der Waals surface area contributed by atoms with Crippen molar-refractivity contribution in [2.45, 2.75) is 32.2 Å². The molecule has 94 valence electrons. The number of nitrogens with two attached hydrogens (primary N) is 1. The van der Waals surface area contributed by atoms with Crippen molar-refractivity contribution in [1.82, 2.24) is 0 Å². The van der Waals surface area contributed by atoms with Crippen LogP contribution < -0.4 is 10.6 Å². The van der Waals surface area contributed by atoms with E-state index in [4.69, 9.17) is 5.73 Å². The maximum Gasteiger partial charge on any atom is 0.146 e. The summed E-state index contributed by atoms with van der Waals surface area (Å²) in [7, 11) is 0. The minimum absolute atomic E-state index is 0.0314. The zero-order valence-electron chi connectivity index (χ0n) is 10.6. The lowest BCUT2D eigenvalue weighted by Crippen LogP contribution is -2.61. The summed E-state index contributed by atoms with van der Waals surface area (Å²) < 4.78 is 13.9. The molecule has 2 nitrogen and oxygen atoms in total. The zero-order chi connectivity index (χ0) is 12.5. The van der Waals surface area contributed by atoms with Gasteiger partial charge in [0.15, 0.2) is 0 Å². The van der Waals surface area contributed by atoms with Crippen molar-refractivity contribution in [2.24, 2.45) is 11.7 Å². The topological polar surface area (TPSA) is 29.3 Å². The van der Waals surface area contributed by atoms with Crippen molar-refractivity contribution in [3.63, 3.8) is 0 Å². The van der Waals surface area contributed by atoms with Crippen molar-refractivity contribution in [2.75, 3.05) is 18.0 Å². The summed E-state index contributed by atoms with van der Waals surface area (Å²) in [5, 5.41) is 0. The largest absolute Gasteiger partial charge is 0.362 e. The normalized spacial score (nSPS) is 27.6. The van der Waals surface area contributed by atoms with Crippen LogP contribution in [0.1, 0.15) is 26.7 Å². The van der Waals surface area contributed by atoms with Crippen LogP contribution in [0.25, 0.3) is 0 Å². The Bertz CT molecular complexity index is 386. The number of halogens is 1. The molecule has 0 atom stereocenters. The monoisotopic (exact) mass is 236 g/mol. The van der Waals surface area contributed by atoms with E-state index < -0.39 is 0 Å². The molecular weight excluding hydrogens is 215 g/mol. The fourth-order valence-corrected chi connectivity index (χ4v) is 3.17. The second kappa shape index (κ2) is 4.65. The van der Waals surface area contributed by atoms with Gasteiger partial charge in [-0.1, -0.05) is 19.1 Å². The highest BCUT2D eigenvalue weighted by molar-refractivity contribution is 5.51. The fraction of sp³-hybridized carbons (Fsp3) is 0.571. The van der Waals surface area contributed by atoms with E-state index in [0.29, 0.717) is 18.2 Å². The Kier molecular flexibility index (Phi) is 3.38. The summed E-state index contributed by atoms with van der Waals surface area (Å²) >= 11 is 0. The van der Waals surface area contributed by atoms with Crippen LogP contribution in [0.5, 0.6) is 0 Å². The molecule has 2 rings (SSSR count). The van der Waals surface area contributed by atoms with E-state index >= 15 is 0 Å². The van der Waals surface area contributed by atoms with E-state index in [2.05, 4.69) is 18.7 Å². The molecule has 2 N–H and O–H groups in total. The van der Waals surface area contributed by atoms with Crippen LogP contribution in [0.4, 0.5) is 10.1 Å². The smallest absolute Gasteiger partial charge is 0.146 e. The molecule has 0 aliphatic heterocycles. The number of hydrogen-bond acceptors (Lipinski definition) is 2. The van der Waals surface area contributed by atoms with Gasteiger partial charge in [-0.25, -0.2) is 4.39 Å². The first-order valence-corrected chi connectivity index (χ1v) is 6.35. The molecule has 3 heteroatoms. The van der Waals surface area contributed by atoms with Crippen LogP contribution in [-0.2, 0) is 0 Å². The molecule has 1 saturated carbocycles. The third-order valence-corrected chi connectivity index (χ3v) is 3.87. The van der Waals surface area contributed by atoms with E-state index in [1.807, 2.05) is 12.1 Å². The average Bonchev–Trinajstić information content (AvgIpc) is 2.29. The average molecular weight is 236 g/mol. The van der Waals surface area contributed by atoms with Gasteiger partial charge in [-0.15, -0.1) is 0 Å². The first-order valence-electron chi connectivity index (χ1n) is 6.35. The van der Waals surface area contributed by atoms with Crippen molar-refractivity contribution < 1.29 is 4.39 Å². The van der Waals surface area contributed by atoms with E-state index in [-0.39, 0.29) is 11.4 Å². The molecule has 17 heavy (non-hydrogen) atoms. The molecule has 1 aromatic carbocycles. The van der Waals surface area contributed by atoms with Crippen LogP contribution >= 0.6 is 0 Å². The highest BCUT2D eigenvalue weighted by atomic mass is 19.1. The Morgan fingerprint density at radius 3 is 2.53 bits per heavy atom. The van der Waals surface area contributed by atoms with Gasteiger partial charge in [0.25, 0.3) is 0 Å². The molecule has 0 spiro atoms. The van der Waals surface area contributed by atoms with Gasteiger partial charge in [0, 0.05) is 13.1 Å². The summed E-state index contributed by atoms with van der Waals surface area (Å²) in [5.41, 5.74) is 6.59. The van der Waals surface area contributed by atoms with Crippen LogP contribution in [0.2, 0.25) is 0 Å². The summed E-state index contributed by atoms with van der Waals surface area (Å²) in [6.07, 6.45) is 2.12. The second-order valence-corrected chi connectivity index (χ2v) is 5.14. The van der Waals surface area contributed by atoms with E-state index in [0.717, 1.165) is 19.4 Å². The molecule has 1 aromatic rings. The first-order chi connectivity index (χ1) is 8.13. The molecule has 0 bridgehead atoms. The van der Waals surface area contributed by atoms with E-state index in [1.165, 1.54) is 6.07 Å². The molecule has 0 aromatic heterocycles. The Hall–Kier alpha value is -1.09. The molecule has 0 unspecified atom stereocenters.